The first-order valence-corrected chi connectivity index (χ1v) is 7.57. The van der Waals surface area contributed by atoms with Gasteiger partial charge in [0.2, 0.25) is 5.91 Å². The third kappa shape index (κ3) is 3.82. The van der Waals surface area contributed by atoms with Crippen LogP contribution in [0.15, 0.2) is 16.8 Å². The number of likely N-dealkylation sites (tertiary alicyclic amines) is 1. The second-order valence-corrected chi connectivity index (χ2v) is 6.14. The Morgan fingerprint density at radius 3 is 3.11 bits per heavy atom. The van der Waals surface area contributed by atoms with Crippen LogP contribution >= 0.6 is 11.3 Å². The van der Waals surface area contributed by atoms with E-state index >= 15 is 0 Å². The molecule has 3 nitrogen and oxygen atoms in total. The van der Waals surface area contributed by atoms with E-state index in [1.807, 2.05) is 11.9 Å². The number of likely N-dealkylation sites (N-methyl/N-ethyl adjacent to an activating group) is 1. The van der Waals surface area contributed by atoms with Crippen LogP contribution in [0.1, 0.15) is 25.3 Å². The molecule has 1 saturated heterocycles. The van der Waals surface area contributed by atoms with E-state index in [1.165, 1.54) is 18.4 Å². The smallest absolute Gasteiger partial charge is 0.236 e. The fraction of sp³-hybridized carbons (Fsp3) is 0.643. The number of hydrogen-bond donors (Lipinski definition) is 0. The molecule has 1 aromatic rings. The minimum Gasteiger partial charge on any atom is -0.340 e. The van der Waals surface area contributed by atoms with E-state index in [1.54, 1.807) is 11.3 Å². The molecular weight excluding hydrogens is 244 g/mol. The lowest BCUT2D eigenvalue weighted by Gasteiger charge is -2.31. The van der Waals surface area contributed by atoms with E-state index in [0.29, 0.717) is 6.54 Å². The van der Waals surface area contributed by atoms with Crippen LogP contribution in [0.3, 0.4) is 0 Å². The van der Waals surface area contributed by atoms with Gasteiger partial charge in [-0.15, -0.1) is 0 Å². The van der Waals surface area contributed by atoms with Gasteiger partial charge in [0.05, 0.1) is 6.54 Å². The molecular formula is C14H22N2OS. The van der Waals surface area contributed by atoms with Crippen LogP contribution in [-0.4, -0.2) is 42.4 Å². The van der Waals surface area contributed by atoms with E-state index in [4.69, 9.17) is 0 Å². The molecule has 18 heavy (non-hydrogen) atoms. The first-order chi connectivity index (χ1) is 8.65. The maximum absolute atomic E-state index is 12.1. The first kappa shape index (κ1) is 13.6. The number of thiophene rings is 1. The van der Waals surface area contributed by atoms with Crippen LogP contribution < -0.4 is 0 Å². The van der Waals surface area contributed by atoms with Gasteiger partial charge >= 0.3 is 0 Å². The molecule has 1 aliphatic rings. The van der Waals surface area contributed by atoms with E-state index < -0.39 is 0 Å². The van der Waals surface area contributed by atoms with Gasteiger partial charge in [-0.3, -0.25) is 9.69 Å². The van der Waals surface area contributed by atoms with Crippen molar-refractivity contribution in [1.82, 2.24) is 9.80 Å². The van der Waals surface area contributed by atoms with Crippen molar-refractivity contribution >= 4 is 17.2 Å². The predicted molar refractivity (Wildman–Crippen MR) is 75.6 cm³/mol. The van der Waals surface area contributed by atoms with Crippen LogP contribution in [0, 0.1) is 5.92 Å². The lowest BCUT2D eigenvalue weighted by Crippen LogP contribution is -2.42. The minimum absolute atomic E-state index is 0.232. The molecule has 0 aromatic carbocycles. The molecule has 0 aliphatic carbocycles. The Hall–Kier alpha value is -0.870. The quantitative estimate of drug-likeness (QED) is 0.835. The lowest BCUT2D eigenvalue weighted by molar-refractivity contribution is -0.132. The van der Waals surface area contributed by atoms with Crippen molar-refractivity contribution < 1.29 is 4.79 Å². The molecule has 1 amide bonds. The molecule has 0 spiro atoms. The summed E-state index contributed by atoms with van der Waals surface area (Å²) in [6.07, 6.45) is 2.53. The van der Waals surface area contributed by atoms with Crippen molar-refractivity contribution in [3.05, 3.63) is 22.4 Å². The van der Waals surface area contributed by atoms with Gasteiger partial charge in [-0.1, -0.05) is 6.92 Å². The van der Waals surface area contributed by atoms with E-state index in [-0.39, 0.29) is 5.91 Å². The SMILES string of the molecule is CC1CCCN(CC(=O)N(C)Cc2ccsc2)C1. The summed E-state index contributed by atoms with van der Waals surface area (Å²) in [6, 6.07) is 2.08. The number of amides is 1. The van der Waals surface area contributed by atoms with Gasteiger partial charge in [-0.05, 0) is 47.7 Å². The Kier molecular flexibility index (Phi) is 4.78. The number of nitrogens with zero attached hydrogens (tertiary/aromatic N) is 2. The molecule has 1 aromatic heterocycles. The highest BCUT2D eigenvalue weighted by Crippen LogP contribution is 2.15. The van der Waals surface area contributed by atoms with Crippen molar-refractivity contribution in [2.45, 2.75) is 26.3 Å². The first-order valence-electron chi connectivity index (χ1n) is 6.62. The zero-order valence-electron chi connectivity index (χ0n) is 11.3. The third-order valence-electron chi connectivity index (χ3n) is 3.53. The molecule has 0 bridgehead atoms. The molecule has 2 heterocycles. The van der Waals surface area contributed by atoms with Crippen LogP contribution in [0.5, 0.6) is 0 Å². The number of piperidine rings is 1. The Balaban J connectivity index is 1.79. The van der Waals surface area contributed by atoms with Crippen LogP contribution in [-0.2, 0) is 11.3 Å². The van der Waals surface area contributed by atoms with Gasteiger partial charge in [0.1, 0.15) is 0 Å². The van der Waals surface area contributed by atoms with Crippen LogP contribution in [0.25, 0.3) is 0 Å². The molecule has 1 atom stereocenters. The Morgan fingerprint density at radius 1 is 1.61 bits per heavy atom. The van der Waals surface area contributed by atoms with Gasteiger partial charge in [-0.25, -0.2) is 0 Å². The Morgan fingerprint density at radius 2 is 2.44 bits per heavy atom. The van der Waals surface area contributed by atoms with Crippen molar-refractivity contribution in [3.63, 3.8) is 0 Å². The lowest BCUT2D eigenvalue weighted by atomic mass is 10.0. The largest absolute Gasteiger partial charge is 0.340 e. The standard InChI is InChI=1S/C14H22N2OS/c1-12-4-3-6-16(8-12)10-14(17)15(2)9-13-5-7-18-11-13/h5,7,11-12H,3-4,6,8-10H2,1-2H3. The van der Waals surface area contributed by atoms with Gasteiger partial charge in [0.25, 0.3) is 0 Å². The summed E-state index contributed by atoms with van der Waals surface area (Å²) in [6.45, 7) is 5.71. The van der Waals surface area contributed by atoms with Crippen molar-refractivity contribution in [2.24, 2.45) is 5.92 Å². The maximum Gasteiger partial charge on any atom is 0.236 e. The summed E-state index contributed by atoms with van der Waals surface area (Å²) in [5.74, 6) is 0.962. The highest BCUT2D eigenvalue weighted by molar-refractivity contribution is 7.07. The predicted octanol–water partition coefficient (Wildman–Crippen LogP) is 2.44. The monoisotopic (exact) mass is 266 g/mol. The van der Waals surface area contributed by atoms with E-state index in [9.17, 15) is 4.79 Å². The molecule has 0 saturated carbocycles. The normalized spacial score (nSPS) is 20.9. The summed E-state index contributed by atoms with van der Waals surface area (Å²) < 4.78 is 0. The fourth-order valence-corrected chi connectivity index (χ4v) is 3.15. The minimum atomic E-state index is 0.232. The topological polar surface area (TPSA) is 23.6 Å². The van der Waals surface area contributed by atoms with Gasteiger partial charge in [0, 0.05) is 20.1 Å². The van der Waals surface area contributed by atoms with Gasteiger partial charge in [-0.2, -0.15) is 11.3 Å². The molecule has 1 aliphatic heterocycles. The third-order valence-corrected chi connectivity index (χ3v) is 4.26. The van der Waals surface area contributed by atoms with Gasteiger partial charge < -0.3 is 4.90 Å². The molecule has 4 heteroatoms. The molecule has 100 valence electrons. The maximum atomic E-state index is 12.1. The Bertz CT molecular complexity index is 377. The van der Waals surface area contributed by atoms with Crippen LogP contribution in [0.2, 0.25) is 0 Å². The average Bonchev–Trinajstić information content (AvgIpc) is 2.81. The molecule has 0 N–H and O–H groups in total. The number of carbonyl (C=O) groups excluding carboxylic acids is 1. The summed E-state index contributed by atoms with van der Waals surface area (Å²) in [7, 11) is 1.90. The second-order valence-electron chi connectivity index (χ2n) is 5.36. The molecule has 1 unspecified atom stereocenters. The summed E-state index contributed by atoms with van der Waals surface area (Å²) >= 11 is 1.68. The summed E-state index contributed by atoms with van der Waals surface area (Å²) in [4.78, 5) is 16.3. The van der Waals surface area contributed by atoms with Crippen molar-refractivity contribution in [3.8, 4) is 0 Å². The summed E-state index contributed by atoms with van der Waals surface area (Å²) in [5.41, 5.74) is 1.22. The zero-order valence-corrected chi connectivity index (χ0v) is 12.1. The average molecular weight is 266 g/mol. The highest BCUT2D eigenvalue weighted by Gasteiger charge is 2.20. The van der Waals surface area contributed by atoms with E-state index in [0.717, 1.165) is 25.6 Å². The number of rotatable bonds is 4. The van der Waals surface area contributed by atoms with E-state index in [2.05, 4.69) is 28.7 Å². The molecule has 2 rings (SSSR count). The Labute approximate surface area is 113 Å². The van der Waals surface area contributed by atoms with Crippen molar-refractivity contribution in [2.75, 3.05) is 26.7 Å². The van der Waals surface area contributed by atoms with Gasteiger partial charge in [0.15, 0.2) is 0 Å². The van der Waals surface area contributed by atoms with Crippen LogP contribution in [0.4, 0.5) is 0 Å². The highest BCUT2D eigenvalue weighted by atomic mass is 32.1. The second kappa shape index (κ2) is 6.34. The number of carbonyl (C=O) groups is 1. The number of hydrogen-bond acceptors (Lipinski definition) is 3. The molecule has 1 fully saturated rings. The van der Waals surface area contributed by atoms with Crippen molar-refractivity contribution in [1.29, 1.82) is 0 Å². The fourth-order valence-electron chi connectivity index (χ4n) is 2.49. The zero-order chi connectivity index (χ0) is 13.0. The molecule has 0 radical (unpaired) electrons. The summed E-state index contributed by atoms with van der Waals surface area (Å²) in [5, 5.41) is 4.16.